The van der Waals surface area contributed by atoms with E-state index in [4.69, 9.17) is 9.98 Å². The van der Waals surface area contributed by atoms with E-state index in [0.717, 1.165) is 23.9 Å². The summed E-state index contributed by atoms with van der Waals surface area (Å²) in [5, 5.41) is 3.84. The average Bonchev–Trinajstić information content (AvgIpc) is 3.74. The third-order valence-electron chi connectivity index (χ3n) is 8.56. The van der Waals surface area contributed by atoms with Gasteiger partial charge in [0, 0.05) is 30.0 Å². The number of nitrogens with zero attached hydrogens (tertiary/aromatic N) is 2. The molecule has 0 aromatic carbocycles. The minimum Gasteiger partial charge on any atom is -0.340 e. The first-order valence-corrected chi connectivity index (χ1v) is 16.0. The SMILES string of the molecule is C=C/C(=C(/CCCC)C(=NC)Nc1cc(C(CCC)CCCCC)nc(C)c1C)C(CCC)CCC1CC1. The zero-order valence-corrected chi connectivity index (χ0v) is 26.1. The van der Waals surface area contributed by atoms with Gasteiger partial charge in [-0.2, -0.15) is 0 Å². The molecule has 2 atom stereocenters. The van der Waals surface area contributed by atoms with E-state index in [2.05, 4.69) is 65.6 Å². The number of amidine groups is 1. The van der Waals surface area contributed by atoms with Gasteiger partial charge in [0.1, 0.15) is 5.84 Å². The summed E-state index contributed by atoms with van der Waals surface area (Å²) in [6, 6.07) is 2.33. The summed E-state index contributed by atoms with van der Waals surface area (Å²) in [5.41, 5.74) is 7.59. The normalized spacial score (nSPS) is 16.2. The predicted octanol–water partition coefficient (Wildman–Crippen LogP) is 10.9. The minimum atomic E-state index is 0.531. The van der Waals surface area contributed by atoms with Gasteiger partial charge in [0.15, 0.2) is 0 Å². The van der Waals surface area contributed by atoms with Crippen LogP contribution in [0.5, 0.6) is 0 Å². The topological polar surface area (TPSA) is 37.3 Å². The Bertz CT molecular complexity index is 906. The van der Waals surface area contributed by atoms with Crippen molar-refractivity contribution in [3.63, 3.8) is 0 Å². The summed E-state index contributed by atoms with van der Waals surface area (Å²) in [6.45, 7) is 17.9. The number of pyridine rings is 1. The summed E-state index contributed by atoms with van der Waals surface area (Å²) in [7, 11) is 1.95. The molecule has 2 rings (SSSR count). The van der Waals surface area contributed by atoms with E-state index in [9.17, 15) is 0 Å². The fourth-order valence-electron chi connectivity index (χ4n) is 5.86. The molecule has 1 N–H and O–H groups in total. The number of anilines is 1. The largest absolute Gasteiger partial charge is 0.340 e. The van der Waals surface area contributed by atoms with Gasteiger partial charge in [-0.15, -0.1) is 0 Å². The molecule has 3 nitrogen and oxygen atoms in total. The monoisotopic (exact) mass is 521 g/mol. The molecule has 3 heteroatoms. The van der Waals surface area contributed by atoms with Crippen LogP contribution in [0.1, 0.15) is 147 Å². The summed E-state index contributed by atoms with van der Waals surface area (Å²) in [4.78, 5) is 9.98. The summed E-state index contributed by atoms with van der Waals surface area (Å²) in [5.74, 6) is 3.10. The number of nitrogens with one attached hydrogen (secondary N) is 1. The fourth-order valence-corrected chi connectivity index (χ4v) is 5.86. The molecular formula is C35H59N3. The van der Waals surface area contributed by atoms with Gasteiger partial charge in [0.2, 0.25) is 0 Å². The van der Waals surface area contributed by atoms with Crippen LogP contribution in [0.15, 0.2) is 34.9 Å². The van der Waals surface area contributed by atoms with Crippen LogP contribution in [0.25, 0.3) is 0 Å². The molecule has 1 aromatic rings. The summed E-state index contributed by atoms with van der Waals surface area (Å²) >= 11 is 0. The van der Waals surface area contributed by atoms with Crippen LogP contribution >= 0.6 is 0 Å². The lowest BCUT2D eigenvalue weighted by atomic mass is 9.84. The number of unbranched alkanes of at least 4 members (excludes halogenated alkanes) is 3. The van der Waals surface area contributed by atoms with Crippen molar-refractivity contribution >= 4 is 11.5 Å². The molecule has 1 aromatic heterocycles. The van der Waals surface area contributed by atoms with Crippen LogP contribution in [0.2, 0.25) is 0 Å². The first-order valence-electron chi connectivity index (χ1n) is 16.0. The zero-order chi connectivity index (χ0) is 27.9. The molecule has 0 spiro atoms. The first-order chi connectivity index (χ1) is 18.4. The van der Waals surface area contributed by atoms with Crippen molar-refractivity contribution in [2.75, 3.05) is 12.4 Å². The molecule has 214 valence electrons. The van der Waals surface area contributed by atoms with Gasteiger partial charge < -0.3 is 5.32 Å². The third-order valence-corrected chi connectivity index (χ3v) is 8.56. The van der Waals surface area contributed by atoms with Crippen LogP contribution in [-0.4, -0.2) is 17.9 Å². The van der Waals surface area contributed by atoms with Crippen molar-refractivity contribution in [3.8, 4) is 0 Å². The highest BCUT2D eigenvalue weighted by atomic mass is 15.0. The fraction of sp³-hybridized carbons (Fsp3) is 0.714. The maximum atomic E-state index is 5.10. The Morgan fingerprint density at radius 1 is 1.00 bits per heavy atom. The molecule has 38 heavy (non-hydrogen) atoms. The number of hydrogen-bond acceptors (Lipinski definition) is 2. The van der Waals surface area contributed by atoms with Gasteiger partial charge in [0.05, 0.1) is 0 Å². The molecule has 1 saturated carbocycles. The predicted molar refractivity (Wildman–Crippen MR) is 170 cm³/mol. The molecule has 0 radical (unpaired) electrons. The van der Waals surface area contributed by atoms with Crippen LogP contribution in [0, 0.1) is 25.7 Å². The number of hydrogen-bond donors (Lipinski definition) is 1. The van der Waals surface area contributed by atoms with Crippen LogP contribution in [0.3, 0.4) is 0 Å². The molecule has 1 aliphatic carbocycles. The molecule has 0 amide bonds. The molecule has 1 fully saturated rings. The quantitative estimate of drug-likeness (QED) is 0.0850. The Kier molecular flexibility index (Phi) is 15.0. The van der Waals surface area contributed by atoms with Gasteiger partial charge in [-0.05, 0) is 93.4 Å². The van der Waals surface area contributed by atoms with Crippen molar-refractivity contribution in [1.29, 1.82) is 0 Å². The second kappa shape index (κ2) is 17.6. The highest BCUT2D eigenvalue weighted by Crippen LogP contribution is 2.38. The van der Waals surface area contributed by atoms with E-state index < -0.39 is 0 Å². The molecule has 0 saturated heterocycles. The number of aliphatic imine (C=N–C) groups is 1. The van der Waals surface area contributed by atoms with E-state index >= 15 is 0 Å². The van der Waals surface area contributed by atoms with Crippen molar-refractivity contribution in [3.05, 3.63) is 46.8 Å². The van der Waals surface area contributed by atoms with Crippen molar-refractivity contribution in [2.24, 2.45) is 16.8 Å². The van der Waals surface area contributed by atoms with Crippen LogP contribution < -0.4 is 5.32 Å². The van der Waals surface area contributed by atoms with Crippen molar-refractivity contribution in [1.82, 2.24) is 4.98 Å². The third kappa shape index (κ3) is 10.0. The van der Waals surface area contributed by atoms with Gasteiger partial charge in [-0.25, -0.2) is 0 Å². The number of allylic oxidation sites excluding steroid dienone is 2. The van der Waals surface area contributed by atoms with E-state index in [1.54, 1.807) is 0 Å². The molecule has 2 unspecified atom stereocenters. The molecule has 0 bridgehead atoms. The second-order valence-corrected chi connectivity index (χ2v) is 11.7. The lowest BCUT2D eigenvalue weighted by Crippen LogP contribution is -2.21. The maximum absolute atomic E-state index is 5.10. The lowest BCUT2D eigenvalue weighted by molar-refractivity contribution is 0.479. The van der Waals surface area contributed by atoms with E-state index in [-0.39, 0.29) is 0 Å². The Labute approximate surface area is 236 Å². The Hall–Kier alpha value is -1.90. The standard InChI is InChI=1S/C35H59N3/c1-9-14-16-19-30(18-12-4)34-25-33(26(6)27(7)37-34)38-35(36-8)32(20-15-10-2)31(13-5)29(17-11-3)24-23-28-21-22-28/h13,25,28-30H,5,9-12,14-24H2,1-4,6-8H3,(H,36,37,38)/b32-31+. The number of rotatable bonds is 19. The van der Waals surface area contributed by atoms with Gasteiger partial charge in [-0.1, -0.05) is 91.7 Å². The smallest absolute Gasteiger partial charge is 0.128 e. The minimum absolute atomic E-state index is 0.531. The maximum Gasteiger partial charge on any atom is 0.128 e. The Morgan fingerprint density at radius 3 is 2.29 bits per heavy atom. The number of aryl methyl sites for hydroxylation is 1. The van der Waals surface area contributed by atoms with Gasteiger partial charge in [0.25, 0.3) is 0 Å². The van der Waals surface area contributed by atoms with E-state index in [1.807, 2.05) is 7.05 Å². The molecule has 0 aliphatic heterocycles. The van der Waals surface area contributed by atoms with Crippen LogP contribution in [-0.2, 0) is 0 Å². The second-order valence-electron chi connectivity index (χ2n) is 11.7. The van der Waals surface area contributed by atoms with Gasteiger partial charge in [-0.3, -0.25) is 9.98 Å². The summed E-state index contributed by atoms with van der Waals surface area (Å²) in [6.07, 6.45) is 21.0. The van der Waals surface area contributed by atoms with Gasteiger partial charge >= 0.3 is 0 Å². The average molecular weight is 522 g/mol. The Morgan fingerprint density at radius 2 is 1.71 bits per heavy atom. The first kappa shape index (κ1) is 32.3. The lowest BCUT2D eigenvalue weighted by Gasteiger charge is -2.25. The van der Waals surface area contributed by atoms with Crippen molar-refractivity contribution < 1.29 is 0 Å². The van der Waals surface area contributed by atoms with E-state index in [0.29, 0.717) is 11.8 Å². The Balaban J connectivity index is 2.45. The zero-order valence-electron chi connectivity index (χ0n) is 26.1. The number of aromatic nitrogens is 1. The highest BCUT2D eigenvalue weighted by molar-refractivity contribution is 6.09. The molecule has 1 aliphatic rings. The molecule has 1 heterocycles. The van der Waals surface area contributed by atoms with E-state index in [1.165, 1.54) is 118 Å². The highest BCUT2D eigenvalue weighted by Gasteiger charge is 2.25. The van der Waals surface area contributed by atoms with Crippen LogP contribution in [0.4, 0.5) is 5.69 Å². The summed E-state index contributed by atoms with van der Waals surface area (Å²) < 4.78 is 0. The van der Waals surface area contributed by atoms with Crippen molar-refractivity contribution in [2.45, 2.75) is 144 Å². The molecular weight excluding hydrogens is 462 g/mol.